The standard InChI is InChI=1S/C21H21ClN4O2/c1-13-8-9-16(11-17(13)22)25-21-24-14(2)10-18(26-21)20(27)23-12-15-6-4-5-7-19(15)28-3/h4-11H,12H2,1-3H3,(H,23,27)(H,24,25,26). The molecule has 1 aromatic heterocycles. The average Bonchev–Trinajstić information content (AvgIpc) is 2.68. The van der Waals surface area contributed by atoms with Gasteiger partial charge in [-0.25, -0.2) is 9.97 Å². The molecule has 0 bridgehead atoms. The normalized spacial score (nSPS) is 10.4. The zero-order valence-electron chi connectivity index (χ0n) is 15.9. The number of hydrogen-bond acceptors (Lipinski definition) is 5. The summed E-state index contributed by atoms with van der Waals surface area (Å²) in [6.07, 6.45) is 0. The lowest BCUT2D eigenvalue weighted by Gasteiger charge is -2.11. The third-order valence-corrected chi connectivity index (χ3v) is 4.55. The number of benzene rings is 2. The number of para-hydroxylation sites is 1. The van der Waals surface area contributed by atoms with E-state index in [0.29, 0.717) is 23.2 Å². The number of hydrogen-bond donors (Lipinski definition) is 2. The number of rotatable bonds is 6. The van der Waals surface area contributed by atoms with E-state index in [1.165, 1.54) is 0 Å². The van der Waals surface area contributed by atoms with E-state index in [-0.39, 0.29) is 11.6 Å². The molecule has 0 atom stereocenters. The van der Waals surface area contributed by atoms with Crippen molar-refractivity contribution in [2.24, 2.45) is 0 Å². The van der Waals surface area contributed by atoms with Crippen LogP contribution in [0.1, 0.15) is 27.3 Å². The number of halogens is 1. The number of aromatic nitrogens is 2. The van der Waals surface area contributed by atoms with Crippen LogP contribution in [-0.4, -0.2) is 23.0 Å². The van der Waals surface area contributed by atoms with Gasteiger partial charge >= 0.3 is 0 Å². The predicted octanol–water partition coefficient (Wildman–Crippen LogP) is 4.43. The molecule has 0 aliphatic heterocycles. The molecule has 2 aromatic carbocycles. The minimum atomic E-state index is -0.290. The van der Waals surface area contributed by atoms with E-state index in [2.05, 4.69) is 20.6 Å². The van der Waals surface area contributed by atoms with Crippen LogP contribution < -0.4 is 15.4 Å². The van der Waals surface area contributed by atoms with Crippen molar-refractivity contribution >= 4 is 29.1 Å². The molecular formula is C21H21ClN4O2. The van der Waals surface area contributed by atoms with Crippen LogP contribution in [0.2, 0.25) is 5.02 Å². The van der Waals surface area contributed by atoms with E-state index in [1.54, 1.807) is 19.2 Å². The van der Waals surface area contributed by atoms with Gasteiger partial charge in [0, 0.05) is 28.5 Å². The summed E-state index contributed by atoms with van der Waals surface area (Å²) in [6.45, 7) is 4.08. The van der Waals surface area contributed by atoms with E-state index < -0.39 is 0 Å². The zero-order chi connectivity index (χ0) is 20.1. The van der Waals surface area contributed by atoms with Crippen molar-refractivity contribution in [1.82, 2.24) is 15.3 Å². The first kappa shape index (κ1) is 19.6. The second kappa shape index (κ2) is 8.71. The Bertz CT molecular complexity index is 1010. The quantitative estimate of drug-likeness (QED) is 0.644. The summed E-state index contributed by atoms with van der Waals surface area (Å²) in [7, 11) is 1.60. The van der Waals surface area contributed by atoms with Gasteiger partial charge in [0.25, 0.3) is 5.91 Å². The molecule has 1 heterocycles. The van der Waals surface area contributed by atoms with E-state index in [0.717, 1.165) is 22.6 Å². The fourth-order valence-corrected chi connectivity index (χ4v) is 2.84. The second-order valence-electron chi connectivity index (χ2n) is 6.30. The topological polar surface area (TPSA) is 76.1 Å². The second-order valence-corrected chi connectivity index (χ2v) is 6.71. The van der Waals surface area contributed by atoms with Gasteiger partial charge in [-0.05, 0) is 43.7 Å². The molecule has 3 rings (SSSR count). The minimum Gasteiger partial charge on any atom is -0.496 e. The van der Waals surface area contributed by atoms with Crippen molar-refractivity contribution in [2.75, 3.05) is 12.4 Å². The Kier molecular flexibility index (Phi) is 6.11. The molecule has 0 spiro atoms. The maximum atomic E-state index is 12.6. The van der Waals surface area contributed by atoms with E-state index in [1.807, 2.05) is 50.2 Å². The first-order valence-corrected chi connectivity index (χ1v) is 9.13. The fourth-order valence-electron chi connectivity index (χ4n) is 2.66. The molecule has 0 radical (unpaired) electrons. The van der Waals surface area contributed by atoms with Crippen LogP contribution in [0.25, 0.3) is 0 Å². The summed E-state index contributed by atoms with van der Waals surface area (Å²) in [5.74, 6) is 0.768. The lowest BCUT2D eigenvalue weighted by molar-refractivity contribution is 0.0945. The van der Waals surface area contributed by atoms with Crippen LogP contribution in [0, 0.1) is 13.8 Å². The molecule has 0 unspecified atom stereocenters. The van der Waals surface area contributed by atoms with Gasteiger partial charge in [0.05, 0.1) is 7.11 Å². The van der Waals surface area contributed by atoms with Gasteiger partial charge in [-0.15, -0.1) is 0 Å². The first-order chi connectivity index (χ1) is 13.5. The van der Waals surface area contributed by atoms with Crippen molar-refractivity contribution in [3.63, 3.8) is 0 Å². The van der Waals surface area contributed by atoms with Gasteiger partial charge in [0.15, 0.2) is 0 Å². The van der Waals surface area contributed by atoms with Crippen molar-refractivity contribution in [3.8, 4) is 5.75 Å². The number of anilines is 2. The lowest BCUT2D eigenvalue weighted by Crippen LogP contribution is -2.24. The number of aryl methyl sites for hydroxylation is 2. The summed E-state index contributed by atoms with van der Waals surface area (Å²) in [4.78, 5) is 21.3. The molecule has 3 aromatic rings. The van der Waals surface area contributed by atoms with E-state index in [4.69, 9.17) is 16.3 Å². The minimum absolute atomic E-state index is 0.281. The van der Waals surface area contributed by atoms with Gasteiger partial charge in [-0.2, -0.15) is 0 Å². The average molecular weight is 397 g/mol. The number of ether oxygens (including phenoxy) is 1. The van der Waals surface area contributed by atoms with Crippen LogP contribution in [-0.2, 0) is 6.54 Å². The smallest absolute Gasteiger partial charge is 0.270 e. The van der Waals surface area contributed by atoms with Crippen LogP contribution in [0.4, 0.5) is 11.6 Å². The molecular weight excluding hydrogens is 376 g/mol. The highest BCUT2D eigenvalue weighted by atomic mass is 35.5. The van der Waals surface area contributed by atoms with Gasteiger partial charge in [-0.3, -0.25) is 4.79 Å². The molecule has 2 N–H and O–H groups in total. The third kappa shape index (κ3) is 4.78. The maximum absolute atomic E-state index is 12.6. The fraction of sp³-hybridized carbons (Fsp3) is 0.190. The maximum Gasteiger partial charge on any atom is 0.270 e. The zero-order valence-corrected chi connectivity index (χ0v) is 16.7. The predicted molar refractivity (Wildman–Crippen MR) is 110 cm³/mol. The molecule has 7 heteroatoms. The van der Waals surface area contributed by atoms with Gasteiger partial charge in [0.2, 0.25) is 5.95 Å². The molecule has 1 amide bonds. The van der Waals surface area contributed by atoms with Crippen LogP contribution in [0.5, 0.6) is 5.75 Å². The molecule has 6 nitrogen and oxygen atoms in total. The first-order valence-electron chi connectivity index (χ1n) is 8.75. The van der Waals surface area contributed by atoms with Crippen LogP contribution in [0.15, 0.2) is 48.5 Å². The number of methoxy groups -OCH3 is 1. The number of carbonyl (C=O) groups is 1. The Hall–Kier alpha value is -3.12. The Labute approximate surface area is 168 Å². The Morgan fingerprint density at radius 2 is 1.89 bits per heavy atom. The van der Waals surface area contributed by atoms with Gasteiger partial charge in [-0.1, -0.05) is 35.9 Å². The Balaban J connectivity index is 1.74. The molecule has 0 saturated heterocycles. The van der Waals surface area contributed by atoms with Crippen LogP contribution >= 0.6 is 11.6 Å². The number of nitrogens with zero attached hydrogens (tertiary/aromatic N) is 2. The van der Waals surface area contributed by atoms with Gasteiger partial charge < -0.3 is 15.4 Å². The SMILES string of the molecule is COc1ccccc1CNC(=O)c1cc(C)nc(Nc2ccc(C)c(Cl)c2)n1. The number of amides is 1. The largest absolute Gasteiger partial charge is 0.496 e. The molecule has 28 heavy (non-hydrogen) atoms. The summed E-state index contributed by atoms with van der Waals surface area (Å²) in [6, 6.07) is 14.8. The Morgan fingerprint density at radius 1 is 1.11 bits per heavy atom. The molecule has 0 fully saturated rings. The molecule has 0 saturated carbocycles. The summed E-state index contributed by atoms with van der Waals surface area (Å²) < 4.78 is 5.31. The molecule has 0 aliphatic rings. The van der Waals surface area contributed by atoms with Gasteiger partial charge in [0.1, 0.15) is 11.4 Å². The highest BCUT2D eigenvalue weighted by molar-refractivity contribution is 6.31. The number of nitrogens with one attached hydrogen (secondary N) is 2. The highest BCUT2D eigenvalue weighted by Crippen LogP contribution is 2.22. The number of carbonyl (C=O) groups excluding carboxylic acids is 1. The van der Waals surface area contributed by atoms with Crippen LogP contribution in [0.3, 0.4) is 0 Å². The Morgan fingerprint density at radius 3 is 2.64 bits per heavy atom. The van der Waals surface area contributed by atoms with Crippen molar-refractivity contribution in [2.45, 2.75) is 20.4 Å². The van der Waals surface area contributed by atoms with E-state index in [9.17, 15) is 4.79 Å². The third-order valence-electron chi connectivity index (χ3n) is 4.15. The molecule has 144 valence electrons. The van der Waals surface area contributed by atoms with E-state index >= 15 is 0 Å². The summed E-state index contributed by atoms with van der Waals surface area (Å²) in [5.41, 5.74) is 3.58. The van der Waals surface area contributed by atoms with Crippen molar-refractivity contribution < 1.29 is 9.53 Å². The highest BCUT2D eigenvalue weighted by Gasteiger charge is 2.12. The van der Waals surface area contributed by atoms with Crippen molar-refractivity contribution in [1.29, 1.82) is 0 Å². The lowest BCUT2D eigenvalue weighted by atomic mass is 10.2. The summed E-state index contributed by atoms with van der Waals surface area (Å²) >= 11 is 6.16. The molecule has 0 aliphatic carbocycles. The monoisotopic (exact) mass is 396 g/mol. The van der Waals surface area contributed by atoms with Crippen molar-refractivity contribution in [3.05, 3.63) is 76.1 Å². The summed E-state index contributed by atoms with van der Waals surface area (Å²) in [5, 5.41) is 6.61.